The summed E-state index contributed by atoms with van der Waals surface area (Å²) >= 11 is 0. The molecule has 0 unspecified atom stereocenters. The van der Waals surface area contributed by atoms with Gasteiger partial charge in [0, 0.05) is 39.1 Å². The van der Waals surface area contributed by atoms with Crippen LogP contribution in [0.1, 0.15) is 11.1 Å². The molecule has 3 aromatic rings. The van der Waals surface area contributed by atoms with Crippen LogP contribution in [0.25, 0.3) is 17.2 Å². The second kappa shape index (κ2) is 9.94. The molecule has 0 saturated carbocycles. The number of likely N-dealkylation sites (N-methyl/N-ethyl adjacent to an activating group) is 1. The summed E-state index contributed by atoms with van der Waals surface area (Å²) in [7, 11) is 6.22. The Morgan fingerprint density at radius 1 is 0.759 bits per heavy atom. The third kappa shape index (κ3) is 5.72. The van der Waals surface area contributed by atoms with Gasteiger partial charge >= 0.3 is 0 Å². The van der Waals surface area contributed by atoms with Crippen LogP contribution in [0, 0.1) is 0 Å². The predicted molar refractivity (Wildman–Crippen MR) is 126 cm³/mol. The Balaban J connectivity index is 1.49. The molecule has 0 aliphatic heterocycles. The molecule has 3 aromatic carbocycles. The van der Waals surface area contributed by atoms with E-state index < -0.39 is 0 Å². The molecule has 0 N–H and O–H groups in total. The van der Waals surface area contributed by atoms with Crippen molar-refractivity contribution in [1.82, 2.24) is 0 Å². The summed E-state index contributed by atoms with van der Waals surface area (Å²) in [5, 5.41) is 0. The number of ether oxygens (including phenoxy) is 1. The summed E-state index contributed by atoms with van der Waals surface area (Å²) in [6.45, 7) is 5.95. The van der Waals surface area contributed by atoms with Gasteiger partial charge in [0.1, 0.15) is 0 Å². The standard InChI is InChI=1S/C26H30N2O/c1-5-21-6-8-22(9-7-21)20-29-19-18-28(4)26-16-12-24(13-17-26)23-10-14-25(15-11-23)27(2)3/h5-17H,1,18-20H2,2-4H3. The molecule has 0 atom stereocenters. The fourth-order valence-electron chi connectivity index (χ4n) is 3.13. The Morgan fingerprint density at radius 3 is 1.83 bits per heavy atom. The van der Waals surface area contributed by atoms with Gasteiger partial charge in [0.15, 0.2) is 0 Å². The van der Waals surface area contributed by atoms with E-state index in [0.29, 0.717) is 13.2 Å². The van der Waals surface area contributed by atoms with Crippen LogP contribution in [-0.4, -0.2) is 34.3 Å². The van der Waals surface area contributed by atoms with Gasteiger partial charge < -0.3 is 14.5 Å². The first-order valence-corrected chi connectivity index (χ1v) is 9.95. The molecular formula is C26H30N2O. The molecule has 29 heavy (non-hydrogen) atoms. The molecule has 0 amide bonds. The number of nitrogens with zero attached hydrogens (tertiary/aromatic N) is 2. The molecule has 3 rings (SSSR count). The van der Waals surface area contributed by atoms with Crippen molar-refractivity contribution in [3.8, 4) is 11.1 Å². The van der Waals surface area contributed by atoms with Crippen molar-refractivity contribution in [2.45, 2.75) is 6.61 Å². The van der Waals surface area contributed by atoms with Gasteiger partial charge in [0.2, 0.25) is 0 Å². The first-order valence-electron chi connectivity index (χ1n) is 9.95. The Morgan fingerprint density at radius 2 is 1.31 bits per heavy atom. The molecule has 0 aromatic heterocycles. The van der Waals surface area contributed by atoms with E-state index in [4.69, 9.17) is 4.74 Å². The maximum Gasteiger partial charge on any atom is 0.0717 e. The minimum atomic E-state index is 0.632. The molecule has 150 valence electrons. The lowest BCUT2D eigenvalue weighted by Gasteiger charge is -2.20. The molecule has 0 saturated heterocycles. The van der Waals surface area contributed by atoms with Crippen molar-refractivity contribution in [2.24, 2.45) is 0 Å². The zero-order valence-corrected chi connectivity index (χ0v) is 17.6. The van der Waals surface area contributed by atoms with Gasteiger partial charge in [-0.3, -0.25) is 0 Å². The highest BCUT2D eigenvalue weighted by Gasteiger charge is 2.04. The molecule has 0 aliphatic rings. The largest absolute Gasteiger partial charge is 0.378 e. The zero-order valence-electron chi connectivity index (χ0n) is 17.6. The number of rotatable bonds is 9. The van der Waals surface area contributed by atoms with Crippen molar-refractivity contribution in [3.63, 3.8) is 0 Å². The Labute approximate surface area is 174 Å². The number of anilines is 2. The van der Waals surface area contributed by atoms with E-state index >= 15 is 0 Å². The van der Waals surface area contributed by atoms with E-state index in [1.54, 1.807) is 0 Å². The summed E-state index contributed by atoms with van der Waals surface area (Å²) in [4.78, 5) is 4.33. The third-order valence-electron chi connectivity index (χ3n) is 5.08. The van der Waals surface area contributed by atoms with Gasteiger partial charge in [-0.2, -0.15) is 0 Å². The van der Waals surface area contributed by atoms with Gasteiger partial charge in [-0.1, -0.05) is 61.2 Å². The van der Waals surface area contributed by atoms with Gasteiger partial charge in [-0.05, 0) is 46.5 Å². The summed E-state index contributed by atoms with van der Waals surface area (Å²) in [5.41, 5.74) is 7.18. The molecule has 3 nitrogen and oxygen atoms in total. The Bertz CT molecular complexity index is 897. The molecule has 0 aliphatic carbocycles. The van der Waals surface area contributed by atoms with E-state index in [0.717, 1.165) is 12.1 Å². The molecule has 0 fully saturated rings. The Hall–Kier alpha value is -3.04. The van der Waals surface area contributed by atoms with E-state index in [1.165, 1.54) is 28.1 Å². The van der Waals surface area contributed by atoms with E-state index in [1.807, 2.05) is 6.08 Å². The topological polar surface area (TPSA) is 15.7 Å². The maximum atomic E-state index is 5.84. The molecule has 0 radical (unpaired) electrons. The van der Waals surface area contributed by atoms with Crippen molar-refractivity contribution in [2.75, 3.05) is 44.1 Å². The minimum Gasteiger partial charge on any atom is -0.378 e. The van der Waals surface area contributed by atoms with Crippen molar-refractivity contribution in [3.05, 3.63) is 90.5 Å². The summed E-state index contributed by atoms with van der Waals surface area (Å²) in [5.74, 6) is 0. The molecule has 0 heterocycles. The smallest absolute Gasteiger partial charge is 0.0717 e. The number of hydrogen-bond acceptors (Lipinski definition) is 3. The van der Waals surface area contributed by atoms with Crippen LogP contribution in [0.4, 0.5) is 11.4 Å². The van der Waals surface area contributed by atoms with Gasteiger partial charge in [-0.15, -0.1) is 0 Å². The zero-order chi connectivity index (χ0) is 20.6. The average Bonchev–Trinajstić information content (AvgIpc) is 2.77. The van der Waals surface area contributed by atoms with Crippen LogP contribution in [0.5, 0.6) is 0 Å². The highest BCUT2D eigenvalue weighted by Crippen LogP contribution is 2.24. The van der Waals surface area contributed by atoms with E-state index in [-0.39, 0.29) is 0 Å². The molecular weight excluding hydrogens is 356 g/mol. The van der Waals surface area contributed by atoms with Crippen LogP contribution in [0.15, 0.2) is 79.4 Å². The number of benzene rings is 3. The SMILES string of the molecule is C=Cc1ccc(COCCN(C)c2ccc(-c3ccc(N(C)C)cc3)cc2)cc1. The lowest BCUT2D eigenvalue weighted by atomic mass is 10.0. The van der Waals surface area contributed by atoms with Gasteiger partial charge in [-0.25, -0.2) is 0 Å². The van der Waals surface area contributed by atoms with Crippen LogP contribution >= 0.6 is 0 Å². The molecule has 3 heteroatoms. The summed E-state index contributed by atoms with van der Waals surface area (Å²) < 4.78 is 5.84. The first kappa shape index (κ1) is 20.7. The average molecular weight is 387 g/mol. The maximum absolute atomic E-state index is 5.84. The highest BCUT2D eigenvalue weighted by atomic mass is 16.5. The second-order valence-corrected chi connectivity index (χ2v) is 7.41. The van der Waals surface area contributed by atoms with Crippen LogP contribution in [0.2, 0.25) is 0 Å². The Kier molecular flexibility index (Phi) is 7.09. The summed E-state index contributed by atoms with van der Waals surface area (Å²) in [6.07, 6.45) is 1.85. The molecule has 0 bridgehead atoms. The van der Waals surface area contributed by atoms with E-state index in [9.17, 15) is 0 Å². The fourth-order valence-corrected chi connectivity index (χ4v) is 3.13. The fraction of sp³-hybridized carbons (Fsp3) is 0.231. The van der Waals surface area contributed by atoms with Crippen molar-refractivity contribution >= 4 is 17.5 Å². The van der Waals surface area contributed by atoms with Crippen LogP contribution in [-0.2, 0) is 11.3 Å². The van der Waals surface area contributed by atoms with Gasteiger partial charge in [0.05, 0.1) is 13.2 Å². The minimum absolute atomic E-state index is 0.632. The van der Waals surface area contributed by atoms with Crippen molar-refractivity contribution in [1.29, 1.82) is 0 Å². The second-order valence-electron chi connectivity index (χ2n) is 7.41. The quantitative estimate of drug-likeness (QED) is 0.438. The predicted octanol–water partition coefficient (Wildman–Crippen LogP) is 5.72. The van der Waals surface area contributed by atoms with Crippen LogP contribution < -0.4 is 9.80 Å². The first-order chi connectivity index (χ1) is 14.1. The molecule has 0 spiro atoms. The normalized spacial score (nSPS) is 10.6. The third-order valence-corrected chi connectivity index (χ3v) is 5.08. The monoisotopic (exact) mass is 386 g/mol. The van der Waals surface area contributed by atoms with Crippen molar-refractivity contribution < 1.29 is 4.74 Å². The van der Waals surface area contributed by atoms with Gasteiger partial charge in [0.25, 0.3) is 0 Å². The highest BCUT2D eigenvalue weighted by molar-refractivity contribution is 5.68. The van der Waals surface area contributed by atoms with Crippen LogP contribution in [0.3, 0.4) is 0 Å². The van der Waals surface area contributed by atoms with E-state index in [2.05, 4.69) is 110 Å². The lowest BCUT2D eigenvalue weighted by molar-refractivity contribution is 0.127. The summed E-state index contributed by atoms with van der Waals surface area (Å²) in [6, 6.07) is 25.6. The number of hydrogen-bond donors (Lipinski definition) is 0. The lowest BCUT2D eigenvalue weighted by Crippen LogP contribution is -2.22.